The van der Waals surface area contributed by atoms with E-state index in [1.165, 1.54) is 4.90 Å². The van der Waals surface area contributed by atoms with Crippen LogP contribution in [-0.4, -0.2) is 23.3 Å². The first-order chi connectivity index (χ1) is 8.24. The van der Waals surface area contributed by atoms with E-state index >= 15 is 0 Å². The van der Waals surface area contributed by atoms with E-state index in [-0.39, 0.29) is 0 Å². The number of hydrogen-bond donors (Lipinski definition) is 2. The van der Waals surface area contributed by atoms with Crippen molar-refractivity contribution in [1.29, 1.82) is 0 Å². The molecule has 0 bridgehead atoms. The van der Waals surface area contributed by atoms with Crippen LogP contribution in [-0.2, 0) is 6.54 Å². The van der Waals surface area contributed by atoms with Gasteiger partial charge in [-0.25, -0.2) is 4.98 Å². The summed E-state index contributed by atoms with van der Waals surface area (Å²) in [5.74, 6) is 0.958. The summed E-state index contributed by atoms with van der Waals surface area (Å²) in [6, 6.07) is 8.52. The highest BCUT2D eigenvalue weighted by atomic mass is 32.2. The average molecular weight is 247 g/mol. The molecule has 0 atom stereocenters. The maximum absolute atomic E-state index is 4.55. The maximum atomic E-state index is 4.55. The SMILES string of the molecule is CNCc1[nH]c(C)nc1-c1ccc(SC)cc1. The fourth-order valence-corrected chi connectivity index (χ4v) is 2.24. The van der Waals surface area contributed by atoms with Gasteiger partial charge in [0.25, 0.3) is 0 Å². The molecule has 1 heterocycles. The minimum Gasteiger partial charge on any atom is -0.345 e. The summed E-state index contributed by atoms with van der Waals surface area (Å²) in [5.41, 5.74) is 3.35. The van der Waals surface area contributed by atoms with Crippen molar-refractivity contribution in [1.82, 2.24) is 15.3 Å². The molecule has 0 unspecified atom stereocenters. The number of aromatic amines is 1. The summed E-state index contributed by atoms with van der Waals surface area (Å²) in [4.78, 5) is 9.12. The Balaban J connectivity index is 2.37. The number of hydrogen-bond acceptors (Lipinski definition) is 3. The molecule has 4 heteroatoms. The average Bonchev–Trinajstić information content (AvgIpc) is 2.71. The summed E-state index contributed by atoms with van der Waals surface area (Å²) in [6.07, 6.45) is 2.08. The molecule has 0 aliphatic carbocycles. The molecular weight excluding hydrogens is 230 g/mol. The lowest BCUT2D eigenvalue weighted by Gasteiger charge is -2.03. The predicted molar refractivity (Wildman–Crippen MR) is 73.3 cm³/mol. The largest absolute Gasteiger partial charge is 0.345 e. The molecule has 1 aromatic carbocycles. The van der Waals surface area contributed by atoms with Crippen molar-refractivity contribution in [3.63, 3.8) is 0 Å². The van der Waals surface area contributed by atoms with Gasteiger partial charge in [0.2, 0.25) is 0 Å². The lowest BCUT2D eigenvalue weighted by Crippen LogP contribution is -2.06. The van der Waals surface area contributed by atoms with Gasteiger partial charge in [0, 0.05) is 17.0 Å². The van der Waals surface area contributed by atoms with E-state index in [1.54, 1.807) is 11.8 Å². The Bertz CT molecular complexity index is 488. The normalized spacial score (nSPS) is 10.8. The van der Waals surface area contributed by atoms with Crippen LogP contribution in [0, 0.1) is 6.92 Å². The molecule has 0 saturated heterocycles. The van der Waals surface area contributed by atoms with Crippen LogP contribution in [0.4, 0.5) is 0 Å². The molecule has 3 nitrogen and oxygen atoms in total. The quantitative estimate of drug-likeness (QED) is 0.816. The highest BCUT2D eigenvalue weighted by molar-refractivity contribution is 7.98. The van der Waals surface area contributed by atoms with Crippen LogP contribution >= 0.6 is 11.8 Å². The summed E-state index contributed by atoms with van der Waals surface area (Å²) < 4.78 is 0. The van der Waals surface area contributed by atoms with Crippen LogP contribution in [0.15, 0.2) is 29.2 Å². The van der Waals surface area contributed by atoms with E-state index in [9.17, 15) is 0 Å². The van der Waals surface area contributed by atoms with Crippen molar-refractivity contribution in [2.75, 3.05) is 13.3 Å². The first-order valence-corrected chi connectivity index (χ1v) is 6.81. The second-order valence-corrected chi connectivity index (χ2v) is 4.79. The van der Waals surface area contributed by atoms with Gasteiger partial charge >= 0.3 is 0 Å². The zero-order valence-electron chi connectivity index (χ0n) is 10.4. The first-order valence-electron chi connectivity index (χ1n) is 5.59. The Kier molecular flexibility index (Phi) is 3.86. The molecule has 0 aliphatic heterocycles. The third kappa shape index (κ3) is 2.70. The smallest absolute Gasteiger partial charge is 0.103 e. The van der Waals surface area contributed by atoms with Crippen LogP contribution in [0.1, 0.15) is 11.5 Å². The molecule has 2 aromatic rings. The standard InChI is InChI=1S/C13H17N3S/c1-9-15-12(8-14-2)13(16-9)10-4-6-11(17-3)7-5-10/h4-7,14H,8H2,1-3H3,(H,15,16). The van der Waals surface area contributed by atoms with Crippen LogP contribution in [0.3, 0.4) is 0 Å². The highest BCUT2D eigenvalue weighted by Gasteiger charge is 2.09. The molecule has 0 spiro atoms. The lowest BCUT2D eigenvalue weighted by molar-refractivity contribution is 0.796. The minimum absolute atomic E-state index is 0.806. The van der Waals surface area contributed by atoms with E-state index < -0.39 is 0 Å². The third-order valence-corrected chi connectivity index (χ3v) is 3.36. The zero-order chi connectivity index (χ0) is 12.3. The summed E-state index contributed by atoms with van der Waals surface area (Å²) >= 11 is 1.75. The van der Waals surface area contributed by atoms with Gasteiger partial charge in [-0.05, 0) is 32.4 Å². The summed E-state index contributed by atoms with van der Waals surface area (Å²) in [7, 11) is 1.94. The van der Waals surface area contributed by atoms with Crippen molar-refractivity contribution >= 4 is 11.8 Å². The fraction of sp³-hybridized carbons (Fsp3) is 0.308. The Morgan fingerprint density at radius 2 is 2.00 bits per heavy atom. The van der Waals surface area contributed by atoms with Crippen molar-refractivity contribution in [2.24, 2.45) is 0 Å². The molecule has 90 valence electrons. The van der Waals surface area contributed by atoms with Crippen molar-refractivity contribution in [3.8, 4) is 11.3 Å². The number of aryl methyl sites for hydroxylation is 1. The zero-order valence-corrected chi connectivity index (χ0v) is 11.2. The molecular formula is C13H17N3S. The molecule has 2 N–H and O–H groups in total. The summed E-state index contributed by atoms with van der Waals surface area (Å²) in [6.45, 7) is 2.79. The topological polar surface area (TPSA) is 40.7 Å². The number of aromatic nitrogens is 2. The maximum Gasteiger partial charge on any atom is 0.103 e. The molecule has 1 aromatic heterocycles. The van der Waals surface area contributed by atoms with E-state index in [1.807, 2.05) is 14.0 Å². The Hall–Kier alpha value is -1.26. The molecule has 0 saturated carbocycles. The van der Waals surface area contributed by atoms with Gasteiger partial charge in [-0.15, -0.1) is 11.8 Å². The summed E-state index contributed by atoms with van der Waals surface area (Å²) in [5, 5.41) is 3.15. The number of imidazole rings is 1. The van der Waals surface area contributed by atoms with E-state index in [2.05, 4.69) is 45.8 Å². The van der Waals surface area contributed by atoms with Gasteiger partial charge in [0.05, 0.1) is 11.4 Å². The Morgan fingerprint density at radius 1 is 1.29 bits per heavy atom. The van der Waals surface area contributed by atoms with Crippen LogP contribution < -0.4 is 5.32 Å². The molecule has 0 radical (unpaired) electrons. The van der Waals surface area contributed by atoms with Gasteiger partial charge in [-0.2, -0.15) is 0 Å². The second kappa shape index (κ2) is 5.38. The molecule has 0 fully saturated rings. The number of H-pyrrole nitrogens is 1. The second-order valence-electron chi connectivity index (χ2n) is 3.91. The molecule has 0 aliphatic rings. The van der Waals surface area contributed by atoms with Crippen LogP contribution in [0.2, 0.25) is 0 Å². The Labute approximate surface area is 106 Å². The molecule has 2 rings (SSSR count). The Morgan fingerprint density at radius 3 is 2.59 bits per heavy atom. The van der Waals surface area contributed by atoms with Crippen molar-refractivity contribution in [2.45, 2.75) is 18.4 Å². The molecule has 0 amide bonds. The number of benzene rings is 1. The highest BCUT2D eigenvalue weighted by Crippen LogP contribution is 2.24. The van der Waals surface area contributed by atoms with Gasteiger partial charge in [0.15, 0.2) is 0 Å². The number of nitrogens with one attached hydrogen (secondary N) is 2. The van der Waals surface area contributed by atoms with Crippen LogP contribution in [0.5, 0.6) is 0 Å². The first kappa shape index (κ1) is 12.2. The van der Waals surface area contributed by atoms with E-state index in [0.29, 0.717) is 0 Å². The monoisotopic (exact) mass is 247 g/mol. The van der Waals surface area contributed by atoms with Gasteiger partial charge in [-0.1, -0.05) is 12.1 Å². The van der Waals surface area contributed by atoms with Crippen molar-refractivity contribution in [3.05, 3.63) is 35.8 Å². The third-order valence-electron chi connectivity index (χ3n) is 2.61. The number of rotatable bonds is 4. The van der Waals surface area contributed by atoms with Gasteiger partial charge in [0.1, 0.15) is 5.82 Å². The van der Waals surface area contributed by atoms with E-state index in [4.69, 9.17) is 0 Å². The van der Waals surface area contributed by atoms with E-state index in [0.717, 1.165) is 29.3 Å². The minimum atomic E-state index is 0.806. The number of thioether (sulfide) groups is 1. The molecule has 17 heavy (non-hydrogen) atoms. The van der Waals surface area contributed by atoms with Crippen molar-refractivity contribution < 1.29 is 0 Å². The van der Waals surface area contributed by atoms with Gasteiger partial charge < -0.3 is 10.3 Å². The lowest BCUT2D eigenvalue weighted by atomic mass is 10.1. The van der Waals surface area contributed by atoms with Crippen LogP contribution in [0.25, 0.3) is 11.3 Å². The number of nitrogens with zero attached hydrogens (tertiary/aromatic N) is 1. The predicted octanol–water partition coefficient (Wildman–Crippen LogP) is 2.83. The fourth-order valence-electron chi connectivity index (χ4n) is 1.83. The van der Waals surface area contributed by atoms with Gasteiger partial charge in [-0.3, -0.25) is 0 Å².